The number of hydrogen-bond donors (Lipinski definition) is 0. The zero-order valence-corrected chi connectivity index (χ0v) is 19.8. The average Bonchev–Trinajstić information content (AvgIpc) is 2.37. The van der Waals surface area contributed by atoms with Gasteiger partial charge in [-0.15, -0.1) is 0 Å². The van der Waals surface area contributed by atoms with Crippen molar-refractivity contribution in [3.63, 3.8) is 0 Å². The van der Waals surface area contributed by atoms with Crippen molar-refractivity contribution >= 4 is 22.4 Å². The van der Waals surface area contributed by atoms with Gasteiger partial charge in [0, 0.05) is 18.9 Å². The quantitative estimate of drug-likeness (QED) is 0.365. The van der Waals surface area contributed by atoms with E-state index in [1.807, 2.05) is 0 Å². The van der Waals surface area contributed by atoms with Gasteiger partial charge in [-0.1, -0.05) is 12.2 Å². The van der Waals surface area contributed by atoms with E-state index in [4.69, 9.17) is 8.85 Å². The Balaban J connectivity index is 2.47. The maximum atomic E-state index is 11.9. The zero-order chi connectivity index (χ0) is 19.3. The molecule has 2 atom stereocenters. The average molecular weight is 385 g/mol. The molecule has 1 aliphatic carbocycles. The molecule has 5 heteroatoms. The largest absolute Gasteiger partial charge is 0.414 e. The number of hydrogen-bond acceptors (Lipinski definition) is 3. The third-order valence-electron chi connectivity index (χ3n) is 4.33. The first-order chi connectivity index (χ1) is 11.3. The van der Waals surface area contributed by atoms with Gasteiger partial charge in [-0.25, -0.2) is 0 Å². The SMILES string of the molecule is CC(C)(CCC=CC[C@@H]1CC(=O)CC[C@@H]1O[Si](C)(C)C)O[Si](C)(C)C. The van der Waals surface area contributed by atoms with Gasteiger partial charge in [0.1, 0.15) is 5.78 Å². The van der Waals surface area contributed by atoms with Crippen LogP contribution in [0.1, 0.15) is 52.4 Å². The second-order valence-electron chi connectivity index (χ2n) is 10.0. The standard InChI is InChI=1S/C20H40O3Si2/c1-20(2,23-25(6,7)8)15-11-9-10-12-17-16-18(21)13-14-19(17)22-24(3,4)5/h9-10,17,19H,11-16H2,1-8H3/t17-,19+/m1/s1. The van der Waals surface area contributed by atoms with Crippen molar-refractivity contribution in [2.45, 2.75) is 103 Å². The maximum absolute atomic E-state index is 11.9. The molecule has 25 heavy (non-hydrogen) atoms. The molecule has 1 fully saturated rings. The highest BCUT2D eigenvalue weighted by Crippen LogP contribution is 2.30. The van der Waals surface area contributed by atoms with Gasteiger partial charge in [0.2, 0.25) is 0 Å². The van der Waals surface area contributed by atoms with Gasteiger partial charge in [-0.05, 0) is 84.7 Å². The van der Waals surface area contributed by atoms with Crippen molar-refractivity contribution in [3.8, 4) is 0 Å². The number of ketones is 1. The first kappa shape index (κ1) is 22.8. The lowest BCUT2D eigenvalue weighted by atomic mass is 9.83. The molecule has 0 saturated heterocycles. The molecular weight excluding hydrogens is 344 g/mol. The van der Waals surface area contributed by atoms with Crippen LogP contribution in [0.2, 0.25) is 39.3 Å². The number of carbonyl (C=O) groups excluding carboxylic acids is 1. The van der Waals surface area contributed by atoms with Gasteiger partial charge < -0.3 is 8.85 Å². The molecule has 0 aromatic heterocycles. The molecule has 0 aromatic carbocycles. The van der Waals surface area contributed by atoms with Gasteiger partial charge >= 0.3 is 0 Å². The highest BCUT2D eigenvalue weighted by atomic mass is 28.4. The van der Waals surface area contributed by atoms with Crippen molar-refractivity contribution < 1.29 is 13.6 Å². The van der Waals surface area contributed by atoms with Crippen molar-refractivity contribution in [3.05, 3.63) is 12.2 Å². The fourth-order valence-electron chi connectivity index (χ4n) is 3.61. The van der Waals surface area contributed by atoms with Gasteiger partial charge in [0.25, 0.3) is 0 Å². The van der Waals surface area contributed by atoms with Crippen LogP contribution in [-0.2, 0) is 13.6 Å². The molecule has 0 aliphatic heterocycles. The van der Waals surface area contributed by atoms with Crippen LogP contribution in [-0.4, -0.2) is 34.1 Å². The summed E-state index contributed by atoms with van der Waals surface area (Å²) in [6.45, 7) is 17.8. The lowest BCUT2D eigenvalue weighted by Crippen LogP contribution is -2.39. The molecule has 1 saturated carbocycles. The van der Waals surface area contributed by atoms with Crippen molar-refractivity contribution in [2.24, 2.45) is 5.92 Å². The van der Waals surface area contributed by atoms with Crippen LogP contribution in [0.25, 0.3) is 0 Å². The van der Waals surface area contributed by atoms with E-state index in [0.717, 1.165) is 25.7 Å². The van der Waals surface area contributed by atoms with E-state index < -0.39 is 16.6 Å². The van der Waals surface area contributed by atoms with Crippen molar-refractivity contribution in [2.75, 3.05) is 0 Å². The fourth-order valence-corrected chi connectivity index (χ4v) is 6.59. The minimum atomic E-state index is -1.56. The Bertz CT molecular complexity index is 459. The number of Topliss-reactive ketones (excluding diaryl/α,β-unsaturated/α-hetero) is 1. The minimum absolute atomic E-state index is 0.0565. The van der Waals surface area contributed by atoms with Gasteiger partial charge in [0.05, 0.1) is 5.60 Å². The maximum Gasteiger partial charge on any atom is 0.184 e. The summed E-state index contributed by atoms with van der Waals surface area (Å²) in [5, 5.41) is 0. The van der Waals surface area contributed by atoms with Crippen LogP contribution >= 0.6 is 0 Å². The topological polar surface area (TPSA) is 35.5 Å². The first-order valence-electron chi connectivity index (χ1n) is 9.82. The number of carbonyl (C=O) groups is 1. The molecule has 0 N–H and O–H groups in total. The molecule has 0 unspecified atom stereocenters. The lowest BCUT2D eigenvalue weighted by Gasteiger charge is -2.35. The normalized spacial score (nSPS) is 23.4. The summed E-state index contributed by atoms with van der Waals surface area (Å²) < 4.78 is 12.6. The van der Waals surface area contributed by atoms with Crippen LogP contribution in [0.5, 0.6) is 0 Å². The Labute approximate surface area is 157 Å². The zero-order valence-electron chi connectivity index (χ0n) is 17.8. The molecule has 146 valence electrons. The summed E-state index contributed by atoms with van der Waals surface area (Å²) in [6, 6.07) is 0. The third-order valence-corrected chi connectivity index (χ3v) is 6.50. The molecule has 0 spiro atoms. The van der Waals surface area contributed by atoms with E-state index in [1.165, 1.54) is 0 Å². The summed E-state index contributed by atoms with van der Waals surface area (Å²) >= 11 is 0. The molecule has 1 rings (SSSR count). The van der Waals surface area contributed by atoms with E-state index >= 15 is 0 Å². The summed E-state index contributed by atoms with van der Waals surface area (Å²) in [5.74, 6) is 0.758. The summed E-state index contributed by atoms with van der Waals surface area (Å²) in [7, 11) is -3.06. The molecular formula is C20H40O3Si2. The van der Waals surface area contributed by atoms with Crippen molar-refractivity contribution in [1.29, 1.82) is 0 Å². The monoisotopic (exact) mass is 384 g/mol. The third kappa shape index (κ3) is 10.5. The molecule has 0 bridgehead atoms. The van der Waals surface area contributed by atoms with Crippen LogP contribution < -0.4 is 0 Å². The molecule has 0 aromatic rings. The smallest absolute Gasteiger partial charge is 0.184 e. The summed E-state index contributed by atoms with van der Waals surface area (Å²) in [4.78, 5) is 11.9. The molecule has 0 amide bonds. The van der Waals surface area contributed by atoms with Crippen LogP contribution in [0, 0.1) is 5.92 Å². The summed E-state index contributed by atoms with van der Waals surface area (Å²) in [5.41, 5.74) is -0.0565. The Morgan fingerprint density at radius 1 is 1.08 bits per heavy atom. The van der Waals surface area contributed by atoms with Crippen LogP contribution in [0.3, 0.4) is 0 Å². The van der Waals surface area contributed by atoms with E-state index in [-0.39, 0.29) is 11.7 Å². The van der Waals surface area contributed by atoms with E-state index in [1.54, 1.807) is 0 Å². The highest BCUT2D eigenvalue weighted by molar-refractivity contribution is 6.70. The van der Waals surface area contributed by atoms with Gasteiger partial charge in [-0.3, -0.25) is 4.79 Å². The molecule has 0 radical (unpaired) electrons. The molecule has 3 nitrogen and oxygen atoms in total. The minimum Gasteiger partial charge on any atom is -0.414 e. The Kier molecular flexibility index (Phi) is 8.31. The van der Waals surface area contributed by atoms with E-state index in [2.05, 4.69) is 65.3 Å². The lowest BCUT2D eigenvalue weighted by molar-refractivity contribution is -0.123. The predicted octanol–water partition coefficient (Wildman–Crippen LogP) is 5.93. The van der Waals surface area contributed by atoms with Crippen LogP contribution in [0.4, 0.5) is 0 Å². The second kappa shape index (κ2) is 9.11. The Morgan fingerprint density at radius 3 is 2.28 bits per heavy atom. The fraction of sp³-hybridized carbons (Fsp3) is 0.850. The van der Waals surface area contributed by atoms with Crippen LogP contribution in [0.15, 0.2) is 12.2 Å². The second-order valence-corrected chi connectivity index (χ2v) is 18.9. The van der Waals surface area contributed by atoms with E-state index in [0.29, 0.717) is 24.5 Å². The highest BCUT2D eigenvalue weighted by Gasteiger charge is 2.32. The van der Waals surface area contributed by atoms with Gasteiger partial charge in [0.15, 0.2) is 16.6 Å². The van der Waals surface area contributed by atoms with Crippen molar-refractivity contribution in [1.82, 2.24) is 0 Å². The predicted molar refractivity (Wildman–Crippen MR) is 112 cm³/mol. The van der Waals surface area contributed by atoms with Gasteiger partial charge in [-0.2, -0.15) is 0 Å². The Morgan fingerprint density at radius 2 is 1.72 bits per heavy atom. The Hall–Kier alpha value is -0.236. The number of rotatable bonds is 9. The number of allylic oxidation sites excluding steroid dienone is 2. The summed E-state index contributed by atoms with van der Waals surface area (Å²) in [6.07, 6.45) is 10.1. The first-order valence-corrected chi connectivity index (χ1v) is 16.6. The van der Waals surface area contributed by atoms with E-state index in [9.17, 15) is 4.79 Å². The molecule has 0 heterocycles. The molecule has 1 aliphatic rings.